The summed E-state index contributed by atoms with van der Waals surface area (Å²) in [5, 5.41) is 1.70. The number of benzene rings is 1. The van der Waals surface area contributed by atoms with Crippen molar-refractivity contribution < 1.29 is 9.53 Å². The molecule has 122 valence electrons. The van der Waals surface area contributed by atoms with E-state index in [0.29, 0.717) is 15.0 Å². The number of halogens is 2. The Kier molecular flexibility index (Phi) is 5.01. The van der Waals surface area contributed by atoms with E-state index < -0.39 is 0 Å². The molecule has 0 aliphatic carbocycles. The minimum absolute atomic E-state index is 0.125. The molecule has 23 heavy (non-hydrogen) atoms. The molecule has 0 saturated carbocycles. The summed E-state index contributed by atoms with van der Waals surface area (Å²) in [5.74, 6) is -0.220. The molecule has 2 aliphatic rings. The van der Waals surface area contributed by atoms with Crippen molar-refractivity contribution in [2.45, 2.75) is 26.1 Å². The molecule has 2 atom stereocenters. The molecule has 1 aromatic rings. The van der Waals surface area contributed by atoms with Gasteiger partial charge in [-0.05, 0) is 49.4 Å². The summed E-state index contributed by atoms with van der Waals surface area (Å²) in [4.78, 5) is 19.0. The maximum Gasteiger partial charge on any atom is 0.286 e. The van der Waals surface area contributed by atoms with Crippen molar-refractivity contribution in [3.63, 3.8) is 0 Å². The Labute approximate surface area is 149 Å². The number of rotatable bonds is 1. The number of carbonyl (C=O) groups is 1. The molecule has 0 bridgehead atoms. The summed E-state index contributed by atoms with van der Waals surface area (Å²) in [7, 11) is 0. The van der Waals surface area contributed by atoms with Crippen molar-refractivity contribution in [3.05, 3.63) is 38.7 Å². The van der Waals surface area contributed by atoms with Crippen molar-refractivity contribution in [2.75, 3.05) is 13.1 Å². The van der Waals surface area contributed by atoms with Gasteiger partial charge < -0.3 is 9.64 Å². The van der Waals surface area contributed by atoms with Gasteiger partial charge in [0, 0.05) is 13.1 Å². The van der Waals surface area contributed by atoms with E-state index in [1.165, 1.54) is 11.8 Å². The van der Waals surface area contributed by atoms with Crippen LogP contribution in [0.2, 0.25) is 10.0 Å². The second-order valence-corrected chi connectivity index (χ2v) is 7.47. The van der Waals surface area contributed by atoms with Crippen LogP contribution in [0.25, 0.3) is 6.08 Å². The molecule has 2 heterocycles. The number of amides is 1. The lowest BCUT2D eigenvalue weighted by Gasteiger charge is -2.35. The zero-order chi connectivity index (χ0) is 16.6. The van der Waals surface area contributed by atoms with Gasteiger partial charge in [-0.3, -0.25) is 4.79 Å². The number of nitrogens with zero attached hydrogens (tertiary/aromatic N) is 2. The van der Waals surface area contributed by atoms with E-state index >= 15 is 0 Å². The van der Waals surface area contributed by atoms with E-state index in [1.807, 2.05) is 19.9 Å². The molecule has 1 fully saturated rings. The van der Waals surface area contributed by atoms with Crippen molar-refractivity contribution in [1.29, 1.82) is 0 Å². The van der Waals surface area contributed by atoms with Gasteiger partial charge in [0.25, 0.3) is 5.91 Å². The van der Waals surface area contributed by atoms with Crippen molar-refractivity contribution >= 4 is 52.1 Å². The number of carbonyl (C=O) groups excluding carboxylic acids is 1. The third kappa shape index (κ3) is 3.91. The lowest BCUT2D eigenvalue weighted by molar-refractivity contribution is -0.113. The van der Waals surface area contributed by atoms with Gasteiger partial charge in [-0.1, -0.05) is 29.3 Å². The number of morpholine rings is 1. The summed E-state index contributed by atoms with van der Waals surface area (Å²) in [6.07, 6.45) is 2.04. The zero-order valence-electron chi connectivity index (χ0n) is 12.8. The third-order valence-electron chi connectivity index (χ3n) is 3.54. The molecule has 2 aliphatic heterocycles. The van der Waals surface area contributed by atoms with Gasteiger partial charge in [0.1, 0.15) is 0 Å². The van der Waals surface area contributed by atoms with Crippen LogP contribution >= 0.6 is 35.0 Å². The molecule has 7 heteroatoms. The van der Waals surface area contributed by atoms with E-state index in [4.69, 9.17) is 27.9 Å². The average molecular weight is 371 g/mol. The van der Waals surface area contributed by atoms with Crippen molar-refractivity contribution in [2.24, 2.45) is 4.99 Å². The van der Waals surface area contributed by atoms with E-state index in [1.54, 1.807) is 18.2 Å². The summed E-state index contributed by atoms with van der Waals surface area (Å²) in [6.45, 7) is 5.53. The molecular formula is C16H16Cl2N2O2S. The first-order valence-corrected chi connectivity index (χ1v) is 8.87. The molecule has 0 spiro atoms. The molecule has 0 radical (unpaired) electrons. The first-order chi connectivity index (χ1) is 10.9. The Hall–Kier alpha value is -1.01. The number of ether oxygens (including phenoxy) is 1. The van der Waals surface area contributed by atoms with Crippen LogP contribution in [-0.2, 0) is 9.53 Å². The molecule has 1 amide bonds. The van der Waals surface area contributed by atoms with Crippen LogP contribution in [0.1, 0.15) is 19.4 Å². The first-order valence-electron chi connectivity index (χ1n) is 7.30. The Morgan fingerprint density at radius 1 is 1.26 bits per heavy atom. The zero-order valence-corrected chi connectivity index (χ0v) is 15.1. The molecule has 1 aromatic carbocycles. The van der Waals surface area contributed by atoms with Gasteiger partial charge in [-0.25, -0.2) is 0 Å². The number of hydrogen-bond donors (Lipinski definition) is 0. The molecule has 2 unspecified atom stereocenters. The highest BCUT2D eigenvalue weighted by molar-refractivity contribution is 8.18. The van der Waals surface area contributed by atoms with Gasteiger partial charge in [0.15, 0.2) is 5.17 Å². The van der Waals surface area contributed by atoms with Crippen molar-refractivity contribution in [1.82, 2.24) is 4.90 Å². The minimum atomic E-state index is -0.220. The maximum atomic E-state index is 12.2. The maximum absolute atomic E-state index is 12.2. The molecule has 3 rings (SSSR count). The normalized spacial score (nSPS) is 26.8. The summed E-state index contributed by atoms with van der Waals surface area (Å²) >= 11 is 13.3. The van der Waals surface area contributed by atoms with Gasteiger partial charge in [-0.2, -0.15) is 4.99 Å². The Balaban J connectivity index is 1.76. The predicted molar refractivity (Wildman–Crippen MR) is 96.1 cm³/mol. The Morgan fingerprint density at radius 3 is 2.61 bits per heavy atom. The lowest BCUT2D eigenvalue weighted by atomic mass is 10.2. The minimum Gasteiger partial charge on any atom is -0.372 e. The van der Waals surface area contributed by atoms with E-state index in [-0.39, 0.29) is 18.1 Å². The molecule has 4 nitrogen and oxygen atoms in total. The molecule has 0 N–H and O–H groups in total. The van der Waals surface area contributed by atoms with Crippen LogP contribution in [0.3, 0.4) is 0 Å². The largest absolute Gasteiger partial charge is 0.372 e. The number of aliphatic imine (C=N–C) groups is 1. The number of hydrogen-bond acceptors (Lipinski definition) is 4. The fourth-order valence-electron chi connectivity index (χ4n) is 2.62. The van der Waals surface area contributed by atoms with Gasteiger partial charge >= 0.3 is 0 Å². The smallest absolute Gasteiger partial charge is 0.286 e. The van der Waals surface area contributed by atoms with Gasteiger partial charge in [-0.15, -0.1) is 0 Å². The monoisotopic (exact) mass is 370 g/mol. The molecule has 1 saturated heterocycles. The van der Waals surface area contributed by atoms with Crippen LogP contribution in [0.5, 0.6) is 0 Å². The fourth-order valence-corrected chi connectivity index (χ4v) is 3.86. The number of thioether (sulfide) groups is 1. The number of amidine groups is 1. The van der Waals surface area contributed by atoms with Crippen molar-refractivity contribution in [3.8, 4) is 0 Å². The van der Waals surface area contributed by atoms with E-state index in [0.717, 1.165) is 23.8 Å². The highest BCUT2D eigenvalue weighted by atomic mass is 35.5. The highest BCUT2D eigenvalue weighted by Gasteiger charge is 2.30. The topological polar surface area (TPSA) is 41.9 Å². The van der Waals surface area contributed by atoms with Crippen LogP contribution in [0.4, 0.5) is 0 Å². The summed E-state index contributed by atoms with van der Waals surface area (Å²) in [6, 6.07) is 5.28. The molecule has 0 aromatic heterocycles. The Bertz CT molecular complexity index is 695. The van der Waals surface area contributed by atoms with Crippen LogP contribution in [-0.4, -0.2) is 41.3 Å². The van der Waals surface area contributed by atoms with Crippen LogP contribution in [0.15, 0.2) is 28.1 Å². The fraction of sp³-hybridized carbons (Fsp3) is 0.375. The average Bonchev–Trinajstić information content (AvgIpc) is 2.83. The SMILES string of the molecule is CC1CN(C2=NC(=O)C(=Cc3ccc(Cl)c(Cl)c3)S2)CC(C)O1. The summed E-state index contributed by atoms with van der Waals surface area (Å²) in [5.41, 5.74) is 0.829. The standard InChI is InChI=1S/C16H16Cl2N2O2S/c1-9-7-20(8-10(2)22-9)16-19-15(21)14(23-16)6-11-3-4-12(17)13(18)5-11/h3-6,9-10H,7-8H2,1-2H3. The Morgan fingerprint density at radius 2 is 1.96 bits per heavy atom. The highest BCUT2D eigenvalue weighted by Crippen LogP contribution is 2.32. The second-order valence-electron chi connectivity index (χ2n) is 5.65. The van der Waals surface area contributed by atoms with E-state index in [9.17, 15) is 4.79 Å². The lowest BCUT2D eigenvalue weighted by Crippen LogP contribution is -2.47. The van der Waals surface area contributed by atoms with E-state index in [2.05, 4.69) is 9.89 Å². The van der Waals surface area contributed by atoms with Crippen LogP contribution in [0, 0.1) is 0 Å². The van der Waals surface area contributed by atoms with Gasteiger partial charge in [0.2, 0.25) is 0 Å². The van der Waals surface area contributed by atoms with Crippen LogP contribution < -0.4 is 0 Å². The summed E-state index contributed by atoms with van der Waals surface area (Å²) < 4.78 is 5.72. The quantitative estimate of drug-likeness (QED) is 0.698. The predicted octanol–water partition coefficient (Wildman–Crippen LogP) is 4.07. The first kappa shape index (κ1) is 16.8. The third-order valence-corrected chi connectivity index (χ3v) is 5.32. The molecular weight excluding hydrogens is 355 g/mol. The second kappa shape index (κ2) is 6.85. The van der Waals surface area contributed by atoms with Gasteiger partial charge in [0.05, 0.1) is 27.2 Å².